The largest absolute Gasteiger partial charge is 0.352 e. The van der Waals surface area contributed by atoms with Crippen LogP contribution in [0.2, 0.25) is 0 Å². The van der Waals surface area contributed by atoms with Crippen LogP contribution >= 0.6 is 0 Å². The van der Waals surface area contributed by atoms with Crippen LogP contribution in [0, 0.1) is 0 Å². The quantitative estimate of drug-likeness (QED) is 0.634. The Labute approximate surface area is 126 Å². The smallest absolute Gasteiger partial charge is 0.271 e. The van der Waals surface area contributed by atoms with Gasteiger partial charge in [-0.05, 0) is 24.6 Å². The van der Waals surface area contributed by atoms with Gasteiger partial charge in [-0.15, -0.1) is 0 Å². The van der Waals surface area contributed by atoms with Crippen molar-refractivity contribution >= 4 is 11.8 Å². The summed E-state index contributed by atoms with van der Waals surface area (Å²) in [6.45, 7) is 0.806. The van der Waals surface area contributed by atoms with E-state index in [2.05, 4.69) is 25.8 Å². The van der Waals surface area contributed by atoms with Gasteiger partial charge in [-0.1, -0.05) is 0 Å². The Morgan fingerprint density at radius 2 is 1.86 bits per heavy atom. The summed E-state index contributed by atoms with van der Waals surface area (Å²) in [5.74, 6) is -0.587. The van der Waals surface area contributed by atoms with Crippen molar-refractivity contribution in [2.45, 2.75) is 6.42 Å². The van der Waals surface area contributed by atoms with E-state index in [0.29, 0.717) is 25.1 Å². The zero-order valence-corrected chi connectivity index (χ0v) is 11.7. The second kappa shape index (κ2) is 7.67. The summed E-state index contributed by atoms with van der Waals surface area (Å²) in [6, 6.07) is 5.94. The molecule has 0 saturated carbocycles. The molecule has 114 valence electrons. The van der Waals surface area contributed by atoms with Gasteiger partial charge in [0.05, 0.1) is 5.56 Å². The molecule has 2 aromatic heterocycles. The maximum absolute atomic E-state index is 11.7. The molecule has 2 amide bonds. The van der Waals surface area contributed by atoms with E-state index in [1.807, 2.05) is 0 Å². The highest BCUT2D eigenvalue weighted by Gasteiger charge is 2.07. The standard InChI is InChI=1S/C14H15N5O3/c20-12-5-4-11(18-19-12)14(22)17-8-2-7-16-13(21)10-3-1-6-15-9-10/h1,3-6,9H,2,7-8H2,(H,16,21)(H,17,22)(H,19,20). The number of pyridine rings is 1. The Kier molecular flexibility index (Phi) is 5.36. The van der Waals surface area contributed by atoms with Gasteiger partial charge in [-0.2, -0.15) is 5.10 Å². The minimum Gasteiger partial charge on any atom is -0.352 e. The molecule has 0 spiro atoms. The number of nitrogens with one attached hydrogen (secondary N) is 3. The summed E-state index contributed by atoms with van der Waals surface area (Å²) in [4.78, 5) is 38.1. The van der Waals surface area contributed by atoms with Gasteiger partial charge in [0.1, 0.15) is 5.69 Å². The van der Waals surface area contributed by atoms with Gasteiger partial charge >= 0.3 is 0 Å². The van der Waals surface area contributed by atoms with Gasteiger partial charge in [0.25, 0.3) is 17.4 Å². The summed E-state index contributed by atoms with van der Waals surface area (Å²) < 4.78 is 0. The normalized spacial score (nSPS) is 10.0. The highest BCUT2D eigenvalue weighted by atomic mass is 16.2. The summed E-state index contributed by atoms with van der Waals surface area (Å²) in [6.07, 6.45) is 3.65. The number of aromatic amines is 1. The van der Waals surface area contributed by atoms with Crippen molar-refractivity contribution < 1.29 is 9.59 Å². The molecule has 0 aliphatic rings. The van der Waals surface area contributed by atoms with E-state index < -0.39 is 0 Å². The first kappa shape index (κ1) is 15.4. The predicted octanol–water partition coefficient (Wildman–Crippen LogP) is -0.285. The van der Waals surface area contributed by atoms with Crippen LogP contribution in [0.4, 0.5) is 0 Å². The monoisotopic (exact) mass is 301 g/mol. The number of amides is 2. The van der Waals surface area contributed by atoms with Gasteiger partial charge in [0.2, 0.25) is 0 Å². The molecule has 0 radical (unpaired) electrons. The first-order valence-corrected chi connectivity index (χ1v) is 6.69. The SMILES string of the molecule is O=C(NCCCNC(=O)c1ccc(=O)[nH]n1)c1cccnc1. The van der Waals surface area contributed by atoms with Crippen LogP contribution in [-0.2, 0) is 0 Å². The molecule has 0 unspecified atom stereocenters. The molecule has 0 bridgehead atoms. The molecule has 2 aromatic rings. The average Bonchev–Trinajstić information content (AvgIpc) is 2.55. The zero-order chi connectivity index (χ0) is 15.8. The Hall–Kier alpha value is -3.03. The maximum Gasteiger partial charge on any atom is 0.271 e. The third kappa shape index (κ3) is 4.51. The van der Waals surface area contributed by atoms with E-state index in [0.717, 1.165) is 0 Å². The van der Waals surface area contributed by atoms with Gasteiger partial charge in [0.15, 0.2) is 0 Å². The highest BCUT2D eigenvalue weighted by molar-refractivity contribution is 5.93. The fourth-order valence-corrected chi connectivity index (χ4v) is 1.65. The van der Waals surface area contributed by atoms with Gasteiger partial charge < -0.3 is 10.6 Å². The van der Waals surface area contributed by atoms with Gasteiger partial charge in [-0.3, -0.25) is 19.4 Å². The molecule has 2 rings (SSSR count). The molecule has 2 heterocycles. The third-order valence-electron chi connectivity index (χ3n) is 2.76. The number of rotatable bonds is 6. The fraction of sp³-hybridized carbons (Fsp3) is 0.214. The van der Waals surface area contributed by atoms with E-state index >= 15 is 0 Å². The van der Waals surface area contributed by atoms with Crippen molar-refractivity contribution in [1.82, 2.24) is 25.8 Å². The van der Waals surface area contributed by atoms with Crippen molar-refractivity contribution in [3.63, 3.8) is 0 Å². The predicted molar refractivity (Wildman–Crippen MR) is 78.4 cm³/mol. The third-order valence-corrected chi connectivity index (χ3v) is 2.76. The minimum absolute atomic E-state index is 0.138. The van der Waals surface area contributed by atoms with Crippen LogP contribution in [0.5, 0.6) is 0 Å². The first-order chi connectivity index (χ1) is 10.7. The molecule has 8 heteroatoms. The first-order valence-electron chi connectivity index (χ1n) is 6.69. The van der Waals surface area contributed by atoms with Crippen LogP contribution in [-0.4, -0.2) is 40.1 Å². The van der Waals surface area contributed by atoms with Gasteiger partial charge in [-0.25, -0.2) is 5.10 Å². The van der Waals surface area contributed by atoms with Crippen LogP contribution in [0.3, 0.4) is 0 Å². The van der Waals surface area contributed by atoms with E-state index in [4.69, 9.17) is 0 Å². The second-order valence-electron chi connectivity index (χ2n) is 4.41. The number of aromatic nitrogens is 3. The molecule has 0 fully saturated rings. The topological polar surface area (TPSA) is 117 Å². The van der Waals surface area contributed by atoms with Crippen molar-refractivity contribution in [2.75, 3.05) is 13.1 Å². The molecule has 0 aliphatic carbocycles. The lowest BCUT2D eigenvalue weighted by Crippen LogP contribution is -2.30. The summed E-state index contributed by atoms with van der Waals surface area (Å²) >= 11 is 0. The average molecular weight is 301 g/mol. The molecule has 0 aromatic carbocycles. The molecule has 0 saturated heterocycles. The lowest BCUT2D eigenvalue weighted by Gasteiger charge is -2.06. The number of hydrogen-bond donors (Lipinski definition) is 3. The van der Waals surface area contributed by atoms with Crippen molar-refractivity contribution in [1.29, 1.82) is 0 Å². The van der Waals surface area contributed by atoms with Crippen LogP contribution in [0.25, 0.3) is 0 Å². The molecule has 0 aliphatic heterocycles. The number of nitrogens with zero attached hydrogens (tertiary/aromatic N) is 2. The second-order valence-corrected chi connectivity index (χ2v) is 4.41. The van der Waals surface area contributed by atoms with Crippen molar-refractivity contribution in [2.24, 2.45) is 0 Å². The minimum atomic E-state index is -0.380. The van der Waals surface area contributed by atoms with Crippen LogP contribution in [0.15, 0.2) is 41.5 Å². The van der Waals surface area contributed by atoms with E-state index in [9.17, 15) is 14.4 Å². The Morgan fingerprint density at radius 1 is 1.09 bits per heavy atom. The Balaban J connectivity index is 1.67. The summed E-state index contributed by atoms with van der Waals surface area (Å²) in [7, 11) is 0. The molecule has 3 N–H and O–H groups in total. The number of carbonyl (C=O) groups is 2. The summed E-state index contributed by atoms with van der Waals surface area (Å²) in [5.41, 5.74) is 0.262. The van der Waals surface area contributed by atoms with Crippen molar-refractivity contribution in [3.05, 3.63) is 58.3 Å². The Bertz CT molecular complexity index is 679. The Morgan fingerprint density at radius 3 is 2.50 bits per heavy atom. The maximum atomic E-state index is 11.7. The number of H-pyrrole nitrogens is 1. The molecule has 8 nitrogen and oxygen atoms in total. The van der Waals surface area contributed by atoms with Crippen LogP contribution in [0.1, 0.15) is 27.3 Å². The zero-order valence-electron chi connectivity index (χ0n) is 11.7. The fourth-order valence-electron chi connectivity index (χ4n) is 1.65. The van der Waals surface area contributed by atoms with E-state index in [1.165, 1.54) is 18.3 Å². The lowest BCUT2D eigenvalue weighted by molar-refractivity contribution is 0.0947. The highest BCUT2D eigenvalue weighted by Crippen LogP contribution is 1.94. The lowest BCUT2D eigenvalue weighted by atomic mass is 10.2. The molecular formula is C14H15N5O3. The van der Waals surface area contributed by atoms with Crippen LogP contribution < -0.4 is 16.2 Å². The number of carbonyl (C=O) groups excluding carboxylic acids is 2. The number of hydrogen-bond acceptors (Lipinski definition) is 5. The summed E-state index contributed by atoms with van der Waals surface area (Å²) in [5, 5.41) is 11.2. The van der Waals surface area contributed by atoms with Gasteiger partial charge in [0, 0.05) is 31.5 Å². The van der Waals surface area contributed by atoms with E-state index in [-0.39, 0.29) is 23.1 Å². The molecule has 0 atom stereocenters. The van der Waals surface area contributed by atoms with Crippen molar-refractivity contribution in [3.8, 4) is 0 Å². The van der Waals surface area contributed by atoms with E-state index in [1.54, 1.807) is 18.3 Å². The molecule has 22 heavy (non-hydrogen) atoms. The molecular weight excluding hydrogens is 286 g/mol.